The number of aliphatic hydroxyl groups excluding tert-OH is 4. The van der Waals surface area contributed by atoms with Crippen molar-refractivity contribution in [1.29, 1.82) is 0 Å². The molecule has 0 aromatic rings. The lowest BCUT2D eigenvalue weighted by molar-refractivity contribution is 0.399. The van der Waals surface area contributed by atoms with Crippen molar-refractivity contribution in [1.82, 2.24) is 0 Å². The van der Waals surface area contributed by atoms with Gasteiger partial charge in [0.25, 0.3) is 0 Å². The highest BCUT2D eigenvalue weighted by Crippen LogP contribution is 0.761. The van der Waals surface area contributed by atoms with E-state index in [1.54, 1.807) is 0 Å². The molecule has 0 aliphatic heterocycles. The first-order chi connectivity index (χ1) is 4.00. The van der Waals surface area contributed by atoms with Gasteiger partial charge in [0.2, 0.25) is 0 Å². The summed E-state index contributed by atoms with van der Waals surface area (Å²) in [6.45, 7) is 0. The van der Waals surface area contributed by atoms with Gasteiger partial charge in [0, 0.05) is 35.9 Å². The average molecular weight is 140 g/mol. The van der Waals surface area contributed by atoms with Gasteiger partial charge in [-0.15, -0.1) is 0 Å². The second kappa shape index (κ2) is 14300. The molecule has 0 rings (SSSR count). The van der Waals surface area contributed by atoms with Crippen LogP contribution in [-0.4, -0.2) is 48.9 Å². The van der Waals surface area contributed by atoms with Crippen LogP contribution in [0.25, 0.3) is 0 Å². The summed E-state index contributed by atoms with van der Waals surface area (Å²) < 4.78 is 0. The fraction of sp³-hybridized carbons (Fsp3) is 0.800. The molecule has 60 valence electrons. The molecule has 4 heteroatoms. The number of aliphatic hydroxyl groups is 4. The van der Waals surface area contributed by atoms with Crippen LogP contribution in [0.4, 0.5) is 0 Å². The van der Waals surface area contributed by atoms with Gasteiger partial charge in [-0.25, -0.2) is 0 Å². The summed E-state index contributed by atoms with van der Waals surface area (Å²) in [6.07, 6.45) is 0. The Morgan fingerprint density at radius 1 is 0.444 bits per heavy atom. The third-order valence-corrected chi connectivity index (χ3v) is 0. The van der Waals surface area contributed by atoms with E-state index in [0.29, 0.717) is 0 Å². The van der Waals surface area contributed by atoms with Crippen LogP contribution < -0.4 is 0 Å². The van der Waals surface area contributed by atoms with E-state index in [4.69, 9.17) is 20.4 Å². The highest BCUT2D eigenvalue weighted by molar-refractivity contribution is 3.24. The summed E-state index contributed by atoms with van der Waals surface area (Å²) >= 11 is 0. The maximum absolute atomic E-state index is 7.00. The topological polar surface area (TPSA) is 80.9 Å². The quantitative estimate of drug-likeness (QED) is 0.330. The second-order valence-corrected chi connectivity index (χ2v) is 0. The predicted octanol–water partition coefficient (Wildman–Crippen LogP) is -1.48. The van der Waals surface area contributed by atoms with Gasteiger partial charge in [-0.05, 0) is 0 Å². The van der Waals surface area contributed by atoms with Crippen LogP contribution in [0.5, 0.6) is 0 Å². The van der Waals surface area contributed by atoms with Gasteiger partial charge in [-0.3, -0.25) is 0 Å². The summed E-state index contributed by atoms with van der Waals surface area (Å²) in [7, 11) is 4.00. The molecule has 0 aliphatic rings. The Balaban J connectivity index is -0.00000000762. The van der Waals surface area contributed by atoms with E-state index >= 15 is 0 Å². The lowest BCUT2D eigenvalue weighted by Crippen LogP contribution is -1.25. The van der Waals surface area contributed by atoms with Gasteiger partial charge in [0.05, 0.1) is 0 Å². The molecule has 4 nitrogen and oxygen atoms in total. The van der Waals surface area contributed by atoms with Gasteiger partial charge in [0.15, 0.2) is 0 Å². The minimum absolute atomic E-state index is 0. The van der Waals surface area contributed by atoms with Crippen molar-refractivity contribution in [3.63, 3.8) is 0 Å². The van der Waals surface area contributed by atoms with Crippen molar-refractivity contribution in [3.8, 4) is 0 Å². The molecule has 0 saturated heterocycles. The van der Waals surface area contributed by atoms with Crippen LogP contribution in [0, 0.1) is 7.43 Å². The van der Waals surface area contributed by atoms with Gasteiger partial charge in [0.1, 0.15) is 0 Å². The van der Waals surface area contributed by atoms with Crippen LogP contribution in [0.3, 0.4) is 0 Å². The summed E-state index contributed by atoms with van der Waals surface area (Å²) in [4.78, 5) is 0. The van der Waals surface area contributed by atoms with Crippen molar-refractivity contribution >= 4 is 0 Å². The van der Waals surface area contributed by atoms with E-state index in [2.05, 4.69) is 0 Å². The highest BCUT2D eigenvalue weighted by atomic mass is 16.2. The fourth-order valence-corrected chi connectivity index (χ4v) is 0. The molecule has 0 spiro atoms. The van der Waals surface area contributed by atoms with Gasteiger partial charge < -0.3 is 20.4 Å². The molecular formula is C5H16O4. The van der Waals surface area contributed by atoms with E-state index in [1.807, 2.05) is 0 Å². The van der Waals surface area contributed by atoms with Crippen LogP contribution in [0.1, 0.15) is 0 Å². The molecule has 0 heterocycles. The third-order valence-electron chi connectivity index (χ3n) is 0. The maximum Gasteiger partial charge on any atom is 0.0319 e. The van der Waals surface area contributed by atoms with Crippen LogP contribution in [-0.2, 0) is 0 Å². The lowest BCUT2D eigenvalue weighted by Gasteiger charge is -1.21. The van der Waals surface area contributed by atoms with Crippen molar-refractivity contribution < 1.29 is 20.4 Å². The first-order valence-corrected chi connectivity index (χ1v) is 1.79. The summed E-state index contributed by atoms with van der Waals surface area (Å²) in [5.41, 5.74) is 0. The van der Waals surface area contributed by atoms with E-state index in [-0.39, 0.29) is 7.43 Å². The number of hydrogen-bond acceptors (Lipinski definition) is 4. The predicted molar refractivity (Wildman–Crippen MR) is 35.8 cm³/mol. The van der Waals surface area contributed by atoms with Crippen LogP contribution in [0.15, 0.2) is 0 Å². The van der Waals surface area contributed by atoms with Crippen molar-refractivity contribution in [2.75, 3.05) is 28.4 Å². The Labute approximate surface area is 57.4 Å². The minimum atomic E-state index is 0. The first kappa shape index (κ1) is 36.8. The Morgan fingerprint density at radius 2 is 0.444 bits per heavy atom. The zero-order chi connectivity index (χ0) is 8.00. The smallest absolute Gasteiger partial charge is 0.0319 e. The summed E-state index contributed by atoms with van der Waals surface area (Å²) in [5, 5.41) is 28.0. The Hall–Kier alpha value is -0.160. The molecule has 0 aromatic carbocycles. The second-order valence-electron chi connectivity index (χ2n) is 0. The Kier molecular flexibility index (Phi) is 58700. The first-order valence-electron chi connectivity index (χ1n) is 1.79. The SMILES string of the molecule is CO.CO.CO.CO.[C]. The van der Waals surface area contributed by atoms with Crippen molar-refractivity contribution in [2.45, 2.75) is 0 Å². The molecule has 0 unspecified atom stereocenters. The largest absolute Gasteiger partial charge is 0.400 e. The standard InChI is InChI=1S/4CH4O.C/c4*1-2;/h4*2H,1H3;. The average Bonchev–Trinajstić information content (AvgIpc) is 2.03. The molecule has 9 heavy (non-hydrogen) atoms. The summed E-state index contributed by atoms with van der Waals surface area (Å²) in [6, 6.07) is 0. The molecule has 0 atom stereocenters. The third kappa shape index (κ3) is 10400. The Bertz CT molecular complexity index is 8.92. The summed E-state index contributed by atoms with van der Waals surface area (Å²) in [5.74, 6) is 0. The van der Waals surface area contributed by atoms with Crippen molar-refractivity contribution in [3.05, 3.63) is 7.43 Å². The minimum Gasteiger partial charge on any atom is -0.400 e. The molecule has 0 aromatic heterocycles. The molecule has 4 N–H and O–H groups in total. The van der Waals surface area contributed by atoms with Crippen molar-refractivity contribution in [2.24, 2.45) is 0 Å². The van der Waals surface area contributed by atoms with E-state index in [1.165, 1.54) is 0 Å². The fourth-order valence-electron chi connectivity index (χ4n) is 0. The van der Waals surface area contributed by atoms with E-state index < -0.39 is 0 Å². The molecule has 0 fully saturated rings. The Morgan fingerprint density at radius 3 is 0.444 bits per heavy atom. The van der Waals surface area contributed by atoms with Gasteiger partial charge in [-0.2, -0.15) is 0 Å². The van der Waals surface area contributed by atoms with Gasteiger partial charge >= 0.3 is 0 Å². The zero-order valence-electron chi connectivity index (χ0n) is 6.29. The molecule has 0 aliphatic carbocycles. The molecule has 0 saturated carbocycles. The highest BCUT2D eigenvalue weighted by Gasteiger charge is 0.845. The van der Waals surface area contributed by atoms with Gasteiger partial charge in [-0.1, -0.05) is 0 Å². The molecular weight excluding hydrogens is 124 g/mol. The van der Waals surface area contributed by atoms with Crippen LogP contribution in [0.2, 0.25) is 0 Å². The van der Waals surface area contributed by atoms with E-state index in [9.17, 15) is 0 Å². The monoisotopic (exact) mass is 140 g/mol. The number of hydrogen-bond donors (Lipinski definition) is 4. The van der Waals surface area contributed by atoms with Crippen LogP contribution >= 0.6 is 0 Å². The molecule has 0 bridgehead atoms. The zero-order valence-corrected chi connectivity index (χ0v) is 6.29. The lowest BCUT2D eigenvalue weighted by atomic mass is 11.8. The number of rotatable bonds is 0. The maximum atomic E-state index is 7.00. The van der Waals surface area contributed by atoms with E-state index in [0.717, 1.165) is 28.4 Å². The molecule has 0 amide bonds. The molecule has 4 radical (unpaired) electrons. The normalized spacial score (nSPS) is 2.67.